The van der Waals surface area contributed by atoms with E-state index >= 15 is 0 Å². The maximum atomic E-state index is 4.31. The van der Waals surface area contributed by atoms with E-state index in [1.165, 1.54) is 0 Å². The Kier molecular flexibility index (Phi) is 5.51. The Morgan fingerprint density at radius 1 is 1.67 bits per heavy atom. The first-order chi connectivity index (χ1) is 2.91. The first-order valence-corrected chi connectivity index (χ1v) is 3.60. The minimum absolute atomic E-state index is 0.919. The van der Waals surface area contributed by atoms with Gasteiger partial charge >= 0.3 is 46.0 Å². The average Bonchev–Trinajstić information content (AvgIpc) is 1.61. The third-order valence-electron chi connectivity index (χ3n) is 0.269. The van der Waals surface area contributed by atoms with Gasteiger partial charge in [-0.2, -0.15) is 0 Å². The molecule has 0 spiro atoms. The van der Waals surface area contributed by atoms with Crippen LogP contribution in [0.15, 0.2) is 24.5 Å². The van der Waals surface area contributed by atoms with Gasteiger partial charge in [-0.1, -0.05) is 0 Å². The van der Waals surface area contributed by atoms with Crippen molar-refractivity contribution in [3.8, 4) is 0 Å². The topological polar surface area (TPSA) is 0 Å². The van der Waals surface area contributed by atoms with Gasteiger partial charge in [0.15, 0.2) is 0 Å². The van der Waals surface area contributed by atoms with Crippen molar-refractivity contribution in [1.29, 1.82) is 0 Å². The van der Waals surface area contributed by atoms with Crippen LogP contribution in [0.5, 0.6) is 0 Å². The molecule has 2 heteroatoms. The van der Waals surface area contributed by atoms with E-state index in [1.54, 1.807) is 6.08 Å². The van der Waals surface area contributed by atoms with Crippen LogP contribution >= 0.6 is 6.91 Å². The van der Waals surface area contributed by atoms with E-state index in [2.05, 4.69) is 21.1 Å². The SMILES string of the molecule is C=C/C=C\[P]=[Ni]. The maximum absolute atomic E-state index is 4.31. The predicted molar refractivity (Wildman–Crippen MR) is 26.3 cm³/mol. The summed E-state index contributed by atoms with van der Waals surface area (Å²) in [6, 6.07) is 0. The zero-order valence-corrected chi connectivity index (χ0v) is 5.08. The van der Waals surface area contributed by atoms with Gasteiger partial charge in [0.1, 0.15) is 0 Å². The Bertz CT molecular complexity index is 65.6. The van der Waals surface area contributed by atoms with Gasteiger partial charge in [-0.05, 0) is 0 Å². The van der Waals surface area contributed by atoms with Gasteiger partial charge in [-0.3, -0.25) is 0 Å². The van der Waals surface area contributed by atoms with E-state index in [4.69, 9.17) is 0 Å². The third kappa shape index (κ3) is 4.27. The zero-order valence-electron chi connectivity index (χ0n) is 3.20. The molecule has 0 saturated heterocycles. The summed E-state index contributed by atoms with van der Waals surface area (Å²) in [6.45, 7) is 4.38. The molecule has 6 heavy (non-hydrogen) atoms. The molecule has 0 bridgehead atoms. The van der Waals surface area contributed by atoms with Crippen molar-refractivity contribution >= 4 is 6.91 Å². The van der Waals surface area contributed by atoms with E-state index in [9.17, 15) is 0 Å². The molecule has 0 aliphatic carbocycles. The molecular formula is C4H5NiP. The summed E-state index contributed by atoms with van der Waals surface area (Å²) in [7, 11) is 0. The molecule has 0 fully saturated rings. The number of rotatable bonds is 2. The van der Waals surface area contributed by atoms with Crippen LogP contribution < -0.4 is 0 Å². The van der Waals surface area contributed by atoms with Crippen LogP contribution in [0.25, 0.3) is 0 Å². The molecule has 0 N–H and O–H groups in total. The van der Waals surface area contributed by atoms with E-state index < -0.39 is 0 Å². The van der Waals surface area contributed by atoms with E-state index in [0.717, 1.165) is 6.91 Å². The second-order valence-corrected chi connectivity index (χ2v) is 1.89. The first kappa shape index (κ1) is 6.27. The Hall–Kier alpha value is 0.274. The molecule has 0 aromatic carbocycles. The molecule has 0 aliphatic rings. The Morgan fingerprint density at radius 3 is 2.50 bits per heavy atom. The second kappa shape index (κ2) is 5.27. The monoisotopic (exact) mass is 142 g/mol. The molecule has 0 radical (unpaired) electrons. The minimum atomic E-state index is 0.919. The number of hydrogen-bond acceptors (Lipinski definition) is 0. The van der Waals surface area contributed by atoms with Crippen molar-refractivity contribution in [3.05, 3.63) is 24.5 Å². The molecule has 0 atom stereocenters. The number of allylic oxidation sites excluding steroid dienone is 2. The Labute approximate surface area is 46.6 Å². The summed E-state index contributed by atoms with van der Waals surface area (Å²) < 4.78 is 0. The van der Waals surface area contributed by atoms with Crippen LogP contribution in [0.4, 0.5) is 0 Å². The summed E-state index contributed by atoms with van der Waals surface area (Å²) in [5.41, 5.74) is 0. The fourth-order valence-electron chi connectivity index (χ4n) is 0.0881. The Balaban J connectivity index is 3.17. The third-order valence-corrected chi connectivity index (χ3v) is 0.977. The molecule has 0 nitrogen and oxygen atoms in total. The first-order valence-electron chi connectivity index (χ1n) is 1.47. The normalized spacial score (nSPS) is 10.3. The molecule has 0 aromatic rings. The standard InChI is InChI=1S/C4H5P.Ni/c1-2-3-4-5;/h2-4H,1H2;/b4-3-;. The molecule has 36 valence electrons. The van der Waals surface area contributed by atoms with Crippen LogP contribution in [0.2, 0.25) is 0 Å². The van der Waals surface area contributed by atoms with Gasteiger partial charge in [-0.15, -0.1) is 0 Å². The number of hydrogen-bond donors (Lipinski definition) is 0. The fourth-order valence-corrected chi connectivity index (χ4v) is 0.519. The van der Waals surface area contributed by atoms with Gasteiger partial charge < -0.3 is 0 Å². The van der Waals surface area contributed by atoms with E-state index in [1.807, 2.05) is 11.9 Å². The van der Waals surface area contributed by atoms with Gasteiger partial charge in [0.2, 0.25) is 0 Å². The predicted octanol–water partition coefficient (Wildman–Crippen LogP) is 2.09. The van der Waals surface area contributed by atoms with Crippen molar-refractivity contribution in [2.75, 3.05) is 0 Å². The second-order valence-electron chi connectivity index (χ2n) is 0.659. The van der Waals surface area contributed by atoms with Crippen molar-refractivity contribution in [3.63, 3.8) is 0 Å². The van der Waals surface area contributed by atoms with Crippen molar-refractivity contribution in [1.82, 2.24) is 0 Å². The summed E-state index contributed by atoms with van der Waals surface area (Å²) in [5.74, 6) is 1.87. The van der Waals surface area contributed by atoms with E-state index in [0.29, 0.717) is 0 Å². The molecule has 0 aromatic heterocycles. The molecular weight excluding hydrogens is 138 g/mol. The van der Waals surface area contributed by atoms with Crippen LogP contribution in [-0.4, -0.2) is 0 Å². The van der Waals surface area contributed by atoms with Gasteiger partial charge in [-0.25, -0.2) is 0 Å². The summed E-state index contributed by atoms with van der Waals surface area (Å²) >= 11 is 4.31. The molecule has 0 amide bonds. The van der Waals surface area contributed by atoms with Gasteiger partial charge in [0.25, 0.3) is 0 Å². The molecule has 0 rings (SSSR count). The Morgan fingerprint density at radius 2 is 2.33 bits per heavy atom. The van der Waals surface area contributed by atoms with Crippen LogP contribution in [0.3, 0.4) is 0 Å². The average molecular weight is 143 g/mol. The summed E-state index contributed by atoms with van der Waals surface area (Å²) in [5, 5.41) is 0. The van der Waals surface area contributed by atoms with Crippen LogP contribution in [-0.2, 0) is 14.6 Å². The van der Waals surface area contributed by atoms with Crippen molar-refractivity contribution in [2.24, 2.45) is 0 Å². The zero-order chi connectivity index (χ0) is 4.83. The van der Waals surface area contributed by atoms with Crippen molar-refractivity contribution < 1.29 is 14.6 Å². The van der Waals surface area contributed by atoms with Gasteiger partial charge in [0.05, 0.1) is 0 Å². The van der Waals surface area contributed by atoms with E-state index in [-0.39, 0.29) is 0 Å². The molecule has 0 heterocycles. The fraction of sp³-hybridized carbons (Fsp3) is 0. The summed E-state index contributed by atoms with van der Waals surface area (Å²) in [6.07, 6.45) is 3.55. The summed E-state index contributed by atoms with van der Waals surface area (Å²) in [4.78, 5) is 0. The van der Waals surface area contributed by atoms with Gasteiger partial charge in [0, 0.05) is 0 Å². The quantitative estimate of drug-likeness (QED) is 0.315. The molecule has 0 unspecified atom stereocenters. The van der Waals surface area contributed by atoms with Crippen LogP contribution in [0.1, 0.15) is 0 Å². The molecule has 0 saturated carbocycles. The van der Waals surface area contributed by atoms with Crippen LogP contribution in [0, 0.1) is 0 Å². The molecule has 0 aliphatic heterocycles. The van der Waals surface area contributed by atoms with Crippen molar-refractivity contribution in [2.45, 2.75) is 0 Å².